The highest BCUT2D eigenvalue weighted by Crippen LogP contribution is 2.28. The Bertz CT molecular complexity index is 796. The molecule has 0 amide bonds. The van der Waals surface area contributed by atoms with Crippen molar-refractivity contribution in [2.45, 2.75) is 36.6 Å². The highest BCUT2D eigenvalue weighted by atomic mass is 32.2. The van der Waals surface area contributed by atoms with E-state index in [1.807, 2.05) is 6.07 Å². The molecule has 1 heterocycles. The average molecular weight is 370 g/mol. The molecule has 0 N–H and O–H groups in total. The van der Waals surface area contributed by atoms with Gasteiger partial charge in [0.1, 0.15) is 5.82 Å². The third-order valence-electron chi connectivity index (χ3n) is 3.65. The van der Waals surface area contributed by atoms with Crippen LogP contribution in [0, 0.1) is 12.8 Å². The van der Waals surface area contributed by atoms with Gasteiger partial charge in [0.2, 0.25) is 0 Å². The second-order valence-corrected chi connectivity index (χ2v) is 8.41. The van der Waals surface area contributed by atoms with Gasteiger partial charge in [0.05, 0.1) is 5.75 Å². The first-order valence-corrected chi connectivity index (χ1v) is 10.4. The van der Waals surface area contributed by atoms with Crippen molar-refractivity contribution < 1.29 is 0 Å². The van der Waals surface area contributed by atoms with Gasteiger partial charge in [-0.25, -0.2) is 0 Å². The van der Waals surface area contributed by atoms with E-state index in [0.717, 1.165) is 28.2 Å². The molecular weight excluding hydrogens is 346 g/mol. The quantitative estimate of drug-likeness (QED) is 0.506. The first-order valence-electron chi connectivity index (χ1n) is 8.45. The summed E-state index contributed by atoms with van der Waals surface area (Å²) in [6, 6.07) is 19.0. The van der Waals surface area contributed by atoms with Gasteiger partial charge < -0.3 is 0 Å². The van der Waals surface area contributed by atoms with Crippen molar-refractivity contribution in [2.75, 3.05) is 5.75 Å². The number of benzene rings is 2. The van der Waals surface area contributed by atoms with E-state index in [4.69, 9.17) is 0 Å². The molecule has 0 atom stereocenters. The number of para-hydroxylation sites is 1. The van der Waals surface area contributed by atoms with Crippen LogP contribution in [0.25, 0.3) is 5.69 Å². The lowest BCUT2D eigenvalue weighted by molar-refractivity contribution is 0.745. The summed E-state index contributed by atoms with van der Waals surface area (Å²) in [6.45, 7) is 6.56. The molecule has 0 aliphatic rings. The van der Waals surface area contributed by atoms with E-state index in [1.54, 1.807) is 23.5 Å². The molecule has 0 fully saturated rings. The van der Waals surface area contributed by atoms with Crippen molar-refractivity contribution >= 4 is 23.5 Å². The lowest BCUT2D eigenvalue weighted by Crippen LogP contribution is -2.03. The van der Waals surface area contributed by atoms with Crippen LogP contribution in [-0.4, -0.2) is 20.5 Å². The molecule has 0 aliphatic carbocycles. The van der Waals surface area contributed by atoms with Crippen LogP contribution in [0.3, 0.4) is 0 Å². The zero-order chi connectivity index (χ0) is 17.6. The minimum absolute atomic E-state index is 0.622. The third-order valence-corrected chi connectivity index (χ3v) is 6.01. The Morgan fingerprint density at radius 2 is 1.64 bits per heavy atom. The molecule has 0 saturated carbocycles. The highest BCUT2D eigenvalue weighted by Gasteiger charge is 2.15. The lowest BCUT2D eigenvalue weighted by atomic mass is 10.2. The van der Waals surface area contributed by atoms with Crippen molar-refractivity contribution in [1.82, 2.24) is 14.8 Å². The standard InChI is InChI=1S/C20H23N3S2/c1-15(2)13-25-20-22-21-19(23(20)17-7-5-4-6-8-17)14-24-18-11-9-16(3)10-12-18/h4-12,15H,13-14H2,1-3H3. The third kappa shape index (κ3) is 4.89. The Balaban J connectivity index is 1.84. The van der Waals surface area contributed by atoms with Gasteiger partial charge in [-0.15, -0.1) is 22.0 Å². The second kappa shape index (κ2) is 8.59. The summed E-state index contributed by atoms with van der Waals surface area (Å²) in [7, 11) is 0. The summed E-state index contributed by atoms with van der Waals surface area (Å²) >= 11 is 3.57. The van der Waals surface area contributed by atoms with Gasteiger partial charge in [0, 0.05) is 16.3 Å². The first kappa shape index (κ1) is 18.1. The molecule has 130 valence electrons. The van der Waals surface area contributed by atoms with E-state index in [9.17, 15) is 0 Å². The first-order chi connectivity index (χ1) is 12.1. The molecule has 0 aliphatic heterocycles. The highest BCUT2D eigenvalue weighted by molar-refractivity contribution is 7.99. The molecular formula is C20H23N3S2. The van der Waals surface area contributed by atoms with E-state index in [2.05, 4.69) is 84.1 Å². The summed E-state index contributed by atoms with van der Waals surface area (Å²) in [6.07, 6.45) is 0. The van der Waals surface area contributed by atoms with Gasteiger partial charge in [-0.1, -0.05) is 61.5 Å². The van der Waals surface area contributed by atoms with Gasteiger partial charge in [0.15, 0.2) is 5.16 Å². The van der Waals surface area contributed by atoms with Gasteiger partial charge in [-0.3, -0.25) is 4.57 Å². The van der Waals surface area contributed by atoms with E-state index in [-0.39, 0.29) is 0 Å². The fourth-order valence-electron chi connectivity index (χ4n) is 2.35. The van der Waals surface area contributed by atoms with Crippen LogP contribution in [0.5, 0.6) is 0 Å². The average Bonchev–Trinajstić information content (AvgIpc) is 3.03. The predicted molar refractivity (Wildman–Crippen MR) is 108 cm³/mol. The molecule has 1 aromatic heterocycles. The van der Waals surface area contributed by atoms with Crippen LogP contribution in [0.2, 0.25) is 0 Å². The van der Waals surface area contributed by atoms with Crippen molar-refractivity contribution in [2.24, 2.45) is 5.92 Å². The number of nitrogens with zero attached hydrogens (tertiary/aromatic N) is 3. The maximum Gasteiger partial charge on any atom is 0.195 e. The number of aryl methyl sites for hydroxylation is 1. The number of hydrogen-bond donors (Lipinski definition) is 0. The van der Waals surface area contributed by atoms with E-state index in [0.29, 0.717) is 5.92 Å². The predicted octanol–water partition coefficient (Wildman–Crippen LogP) is 5.62. The molecule has 0 radical (unpaired) electrons. The minimum atomic E-state index is 0.622. The molecule has 0 spiro atoms. The molecule has 3 nitrogen and oxygen atoms in total. The van der Waals surface area contributed by atoms with Crippen LogP contribution >= 0.6 is 23.5 Å². The summed E-state index contributed by atoms with van der Waals surface area (Å²) in [5.41, 5.74) is 2.41. The van der Waals surface area contributed by atoms with Crippen molar-refractivity contribution in [3.05, 3.63) is 66.0 Å². The van der Waals surface area contributed by atoms with Gasteiger partial charge in [-0.2, -0.15) is 0 Å². The topological polar surface area (TPSA) is 30.7 Å². The molecule has 25 heavy (non-hydrogen) atoms. The smallest absolute Gasteiger partial charge is 0.195 e. The molecule has 0 unspecified atom stereocenters. The Labute approximate surface area is 158 Å². The Morgan fingerprint density at radius 1 is 0.920 bits per heavy atom. The van der Waals surface area contributed by atoms with Crippen LogP contribution in [0.4, 0.5) is 0 Å². The van der Waals surface area contributed by atoms with Crippen molar-refractivity contribution in [1.29, 1.82) is 0 Å². The van der Waals surface area contributed by atoms with Crippen molar-refractivity contribution in [3.63, 3.8) is 0 Å². The maximum atomic E-state index is 4.47. The van der Waals surface area contributed by atoms with Gasteiger partial charge >= 0.3 is 0 Å². The Hall–Kier alpha value is -1.72. The molecule has 2 aromatic carbocycles. The van der Waals surface area contributed by atoms with Crippen LogP contribution in [0.15, 0.2) is 64.6 Å². The van der Waals surface area contributed by atoms with Gasteiger partial charge in [0.25, 0.3) is 0 Å². The number of rotatable bonds is 7. The van der Waals surface area contributed by atoms with E-state index < -0.39 is 0 Å². The largest absolute Gasteiger partial charge is 0.273 e. The van der Waals surface area contributed by atoms with Crippen LogP contribution in [-0.2, 0) is 5.75 Å². The lowest BCUT2D eigenvalue weighted by Gasteiger charge is -2.11. The van der Waals surface area contributed by atoms with E-state index in [1.165, 1.54) is 10.5 Å². The zero-order valence-electron chi connectivity index (χ0n) is 14.8. The van der Waals surface area contributed by atoms with Crippen molar-refractivity contribution in [3.8, 4) is 5.69 Å². The second-order valence-electron chi connectivity index (χ2n) is 6.38. The summed E-state index contributed by atoms with van der Waals surface area (Å²) in [5, 5.41) is 9.90. The molecule has 3 aromatic rings. The Morgan fingerprint density at radius 3 is 2.32 bits per heavy atom. The fraction of sp³-hybridized carbons (Fsp3) is 0.300. The van der Waals surface area contributed by atoms with Crippen LogP contribution < -0.4 is 0 Å². The molecule has 5 heteroatoms. The minimum Gasteiger partial charge on any atom is -0.273 e. The summed E-state index contributed by atoms with van der Waals surface area (Å²) in [5.74, 6) is 3.45. The summed E-state index contributed by atoms with van der Waals surface area (Å²) < 4.78 is 2.19. The number of hydrogen-bond acceptors (Lipinski definition) is 4. The zero-order valence-corrected chi connectivity index (χ0v) is 16.5. The fourth-order valence-corrected chi connectivity index (χ4v) is 4.08. The normalized spacial score (nSPS) is 11.2. The van der Waals surface area contributed by atoms with Gasteiger partial charge in [-0.05, 0) is 37.1 Å². The van der Waals surface area contributed by atoms with Crippen LogP contribution in [0.1, 0.15) is 25.2 Å². The maximum absolute atomic E-state index is 4.47. The SMILES string of the molecule is Cc1ccc(SCc2nnc(SCC(C)C)n2-c2ccccc2)cc1. The number of aromatic nitrogens is 3. The monoisotopic (exact) mass is 369 g/mol. The molecule has 0 bridgehead atoms. The Kier molecular flexibility index (Phi) is 6.21. The summed E-state index contributed by atoms with van der Waals surface area (Å²) in [4.78, 5) is 1.25. The number of thioether (sulfide) groups is 2. The van der Waals surface area contributed by atoms with E-state index >= 15 is 0 Å². The molecule has 3 rings (SSSR count). The molecule has 0 saturated heterocycles.